The van der Waals surface area contributed by atoms with Gasteiger partial charge in [-0.3, -0.25) is 4.79 Å². The van der Waals surface area contributed by atoms with E-state index in [1.54, 1.807) is 0 Å². The van der Waals surface area contributed by atoms with E-state index < -0.39 is 0 Å². The molecule has 6 unspecified atom stereocenters. The van der Waals surface area contributed by atoms with Crippen molar-refractivity contribution in [3.63, 3.8) is 0 Å². The summed E-state index contributed by atoms with van der Waals surface area (Å²) < 4.78 is 12.7. The highest BCUT2D eigenvalue weighted by Crippen LogP contribution is 2.60. The van der Waals surface area contributed by atoms with Crippen molar-refractivity contribution >= 4 is 15.2 Å². The highest BCUT2D eigenvalue weighted by atomic mass is 31.0. The van der Waals surface area contributed by atoms with Gasteiger partial charge in [0, 0.05) is 11.8 Å². The van der Waals surface area contributed by atoms with Crippen LogP contribution in [-0.4, -0.2) is 7.06 Å². The van der Waals surface area contributed by atoms with E-state index in [0.29, 0.717) is 29.5 Å². The number of hydrogen-bond acceptors (Lipinski definition) is 2. The molecular weight excluding hydrogens is 291 g/mol. The van der Waals surface area contributed by atoms with E-state index in [-0.39, 0.29) is 14.8 Å². The van der Waals surface area contributed by atoms with Gasteiger partial charge in [0.25, 0.3) is 0 Å². The molecule has 6 atom stereocenters. The van der Waals surface area contributed by atoms with E-state index in [9.17, 15) is 4.79 Å². The molecule has 0 heterocycles. The number of benzene rings is 1. The molecule has 0 amide bonds. The molecular formula is C19H25O2P. The number of ketones is 1. The zero-order chi connectivity index (χ0) is 16.2. The van der Waals surface area contributed by atoms with Gasteiger partial charge < -0.3 is 4.52 Å². The Labute approximate surface area is 136 Å². The fourth-order valence-electron chi connectivity index (χ4n) is 5.79. The summed E-state index contributed by atoms with van der Waals surface area (Å²) in [7, 11) is -0.251. The molecule has 3 aliphatic rings. The third kappa shape index (κ3) is 1.92. The second-order valence-electron chi connectivity index (χ2n) is 7.85. The molecule has 2 nitrogen and oxygen atoms in total. The summed E-state index contributed by atoms with van der Waals surface area (Å²) in [6, 6.07) is 6.41. The van der Waals surface area contributed by atoms with Gasteiger partial charge in [-0.25, -0.2) is 0 Å². The molecule has 22 heavy (non-hydrogen) atoms. The molecule has 4 rings (SSSR count). The summed E-state index contributed by atoms with van der Waals surface area (Å²) in [4.78, 5) is 12.4. The topological polar surface area (TPSA) is 26.3 Å². The van der Waals surface area contributed by atoms with E-state index in [1.165, 1.54) is 11.1 Å². The van der Waals surface area contributed by atoms with Crippen molar-refractivity contribution in [2.75, 3.05) is 0 Å². The van der Waals surface area contributed by atoms with Gasteiger partial charge >= 0.3 is 0 Å². The Morgan fingerprint density at radius 2 is 2.27 bits per heavy atom. The van der Waals surface area contributed by atoms with Crippen molar-refractivity contribution in [3.8, 4) is 5.75 Å². The normalized spacial score (nSPS) is 41.0. The van der Waals surface area contributed by atoms with Crippen LogP contribution >= 0.6 is 9.41 Å². The molecule has 3 aliphatic carbocycles. The van der Waals surface area contributed by atoms with Crippen molar-refractivity contribution in [2.24, 2.45) is 23.2 Å². The smallest absolute Gasteiger partial charge is 0.139 e. The fourth-order valence-corrected chi connectivity index (χ4v) is 5.92. The minimum absolute atomic E-state index is 0.0533. The molecule has 2 saturated carbocycles. The predicted molar refractivity (Wildman–Crippen MR) is 91.0 cm³/mol. The van der Waals surface area contributed by atoms with Crippen LogP contribution in [0.15, 0.2) is 18.2 Å². The van der Waals surface area contributed by atoms with Gasteiger partial charge in [-0.2, -0.15) is 0 Å². The summed E-state index contributed by atoms with van der Waals surface area (Å²) in [6.07, 6.45) is 5.16. The quantitative estimate of drug-likeness (QED) is 0.749. The van der Waals surface area contributed by atoms with E-state index in [2.05, 4.69) is 26.0 Å². The lowest BCUT2D eigenvalue weighted by molar-refractivity contribution is -0.129. The number of Topliss-reactive ketones (excluding diaryl/α,β-unsaturated/α-hetero) is 1. The van der Waals surface area contributed by atoms with Crippen LogP contribution < -0.4 is 4.52 Å². The first-order valence-corrected chi connectivity index (χ1v) is 8.95. The standard InChI is InChI=1S/C19H25O2P/c1-11-9-12-10-13(21-22)3-4-14(12)15-7-8-19(2)16(18(11)15)5-6-17(19)20/h3-4,10-11,15-16,18H,5-9,22H2,1-2H3/i22T. The third-order valence-corrected chi connectivity index (χ3v) is 7.11. The molecule has 1 aromatic rings. The first-order valence-electron chi connectivity index (χ1n) is 9.04. The number of rotatable bonds is 2. The van der Waals surface area contributed by atoms with Crippen LogP contribution in [0.25, 0.3) is 0 Å². The maximum atomic E-state index is 12.4. The second-order valence-corrected chi connectivity index (χ2v) is 8.06. The Morgan fingerprint density at radius 3 is 3.09 bits per heavy atom. The molecule has 0 bridgehead atoms. The van der Waals surface area contributed by atoms with Crippen molar-refractivity contribution in [2.45, 2.75) is 51.9 Å². The largest absolute Gasteiger partial charge is 0.480 e. The van der Waals surface area contributed by atoms with Crippen LogP contribution in [0, 0.1) is 23.2 Å². The molecule has 0 aromatic heterocycles. The SMILES string of the molecule is [3H]POc1ccc2c(c1)CC(C)C1C2CCC2(C)C(=O)CCC12. The van der Waals surface area contributed by atoms with Gasteiger partial charge in [-0.05, 0) is 72.6 Å². The predicted octanol–water partition coefficient (Wildman–Crippen LogP) is 4.53. The number of hydrogen-bond donors (Lipinski definition) is 0. The third-order valence-electron chi connectivity index (χ3n) is 6.87. The molecule has 0 saturated heterocycles. The Balaban J connectivity index is 1.71. The first kappa shape index (κ1) is 13.5. The zero-order valence-electron chi connectivity index (χ0n) is 14.4. The van der Waals surface area contributed by atoms with Gasteiger partial charge in [0.05, 0.1) is 10.7 Å². The fraction of sp³-hybridized carbons (Fsp3) is 0.632. The maximum absolute atomic E-state index is 12.4. The van der Waals surface area contributed by atoms with Crippen molar-refractivity contribution in [3.05, 3.63) is 29.3 Å². The van der Waals surface area contributed by atoms with Crippen LogP contribution in [0.5, 0.6) is 5.75 Å². The average molecular weight is 318 g/mol. The Morgan fingerprint density at radius 1 is 1.41 bits per heavy atom. The Kier molecular flexibility index (Phi) is 3.12. The van der Waals surface area contributed by atoms with Gasteiger partial charge in [0.15, 0.2) is 0 Å². The number of carbonyl (C=O) groups is 1. The summed E-state index contributed by atoms with van der Waals surface area (Å²) in [6.45, 7) is 4.60. The minimum atomic E-state index is -0.251. The second kappa shape index (κ2) is 5.06. The van der Waals surface area contributed by atoms with Crippen molar-refractivity contribution < 1.29 is 9.32 Å². The lowest BCUT2D eigenvalue weighted by Gasteiger charge is -2.51. The highest BCUT2D eigenvalue weighted by molar-refractivity contribution is 7.10. The molecule has 0 aliphatic heterocycles. The molecule has 0 radical (unpaired) electrons. The molecule has 0 spiro atoms. The highest BCUT2D eigenvalue weighted by Gasteiger charge is 2.56. The Hall–Kier alpha value is -0.880. The zero-order valence-corrected chi connectivity index (χ0v) is 14.4. The maximum Gasteiger partial charge on any atom is 0.139 e. The van der Waals surface area contributed by atoms with Gasteiger partial charge in [0.1, 0.15) is 11.5 Å². The van der Waals surface area contributed by atoms with Crippen LogP contribution in [0.3, 0.4) is 0 Å². The Bertz CT molecular complexity index is 646. The van der Waals surface area contributed by atoms with Gasteiger partial charge in [-0.1, -0.05) is 19.9 Å². The van der Waals surface area contributed by atoms with Crippen LogP contribution in [0.1, 0.15) is 56.6 Å². The molecule has 3 heteroatoms. The van der Waals surface area contributed by atoms with Crippen molar-refractivity contribution in [1.29, 1.82) is 1.28 Å². The number of fused-ring (bicyclic) bond motifs is 5. The summed E-state index contributed by atoms with van der Waals surface area (Å²) in [5.74, 6) is 3.79. The first-order chi connectivity index (χ1) is 11.0. The summed E-state index contributed by atoms with van der Waals surface area (Å²) in [5.41, 5.74) is 2.83. The molecule has 118 valence electrons. The van der Waals surface area contributed by atoms with Gasteiger partial charge in [0.2, 0.25) is 0 Å². The van der Waals surface area contributed by atoms with E-state index in [1.807, 2.05) is 6.07 Å². The van der Waals surface area contributed by atoms with Crippen LogP contribution in [-0.2, 0) is 11.2 Å². The molecule has 1 aromatic carbocycles. The van der Waals surface area contributed by atoms with Crippen LogP contribution in [0.4, 0.5) is 0 Å². The lowest BCUT2D eigenvalue weighted by atomic mass is 9.53. The van der Waals surface area contributed by atoms with E-state index in [4.69, 9.17) is 5.80 Å². The number of carbonyl (C=O) groups excluding carboxylic acids is 1. The van der Waals surface area contributed by atoms with E-state index in [0.717, 1.165) is 37.9 Å². The lowest BCUT2D eigenvalue weighted by Crippen LogP contribution is -2.45. The van der Waals surface area contributed by atoms with Crippen LogP contribution in [0.2, 0.25) is 0 Å². The molecule has 2 fully saturated rings. The monoisotopic (exact) mass is 318 g/mol. The minimum Gasteiger partial charge on any atom is -0.480 e. The van der Waals surface area contributed by atoms with Gasteiger partial charge in [-0.15, -0.1) is 0 Å². The molecule has 0 N–H and O–H groups in total. The summed E-state index contributed by atoms with van der Waals surface area (Å²) in [5, 5.41) is 0. The van der Waals surface area contributed by atoms with E-state index >= 15 is 0 Å². The van der Waals surface area contributed by atoms with Crippen molar-refractivity contribution in [1.82, 2.24) is 0 Å². The summed E-state index contributed by atoms with van der Waals surface area (Å²) >= 11 is 0. The average Bonchev–Trinajstić information content (AvgIpc) is 2.83.